The van der Waals surface area contributed by atoms with Crippen molar-refractivity contribution in [3.05, 3.63) is 27.7 Å². The zero-order valence-electron chi connectivity index (χ0n) is 12.6. The largest absolute Gasteiger partial charge is 0.480 e. The quantitative estimate of drug-likeness (QED) is 0.698. The number of benzene rings is 1. The van der Waals surface area contributed by atoms with Gasteiger partial charge in [-0.25, -0.2) is 0 Å². The van der Waals surface area contributed by atoms with Crippen molar-refractivity contribution in [2.45, 2.75) is 33.0 Å². The molecule has 0 saturated carbocycles. The highest BCUT2D eigenvalue weighted by Crippen LogP contribution is 2.29. The fourth-order valence-electron chi connectivity index (χ4n) is 1.89. The Hall–Kier alpha value is -1.11. The molecule has 1 amide bonds. The van der Waals surface area contributed by atoms with E-state index in [4.69, 9.17) is 9.47 Å². The SMILES string of the molecule is COCCCNC(=O)C(C)Oc1c(C)cc(Br)cc1CO. The summed E-state index contributed by atoms with van der Waals surface area (Å²) in [6.45, 7) is 4.58. The van der Waals surface area contributed by atoms with E-state index in [0.717, 1.165) is 16.5 Å². The van der Waals surface area contributed by atoms with Crippen LogP contribution in [-0.4, -0.2) is 37.4 Å². The van der Waals surface area contributed by atoms with E-state index in [-0.39, 0.29) is 12.5 Å². The first-order valence-corrected chi connectivity index (χ1v) is 7.62. The van der Waals surface area contributed by atoms with Crippen LogP contribution in [0.1, 0.15) is 24.5 Å². The van der Waals surface area contributed by atoms with Crippen LogP contribution in [0.5, 0.6) is 5.75 Å². The van der Waals surface area contributed by atoms with E-state index < -0.39 is 6.10 Å². The zero-order valence-corrected chi connectivity index (χ0v) is 14.2. The topological polar surface area (TPSA) is 67.8 Å². The summed E-state index contributed by atoms with van der Waals surface area (Å²) in [5.74, 6) is 0.373. The van der Waals surface area contributed by atoms with E-state index in [1.807, 2.05) is 13.0 Å². The Balaban J connectivity index is 2.65. The molecule has 118 valence electrons. The molecule has 0 aliphatic rings. The van der Waals surface area contributed by atoms with Crippen molar-refractivity contribution in [3.8, 4) is 5.75 Å². The number of aliphatic hydroxyl groups excluding tert-OH is 1. The van der Waals surface area contributed by atoms with Gasteiger partial charge in [-0.05, 0) is 38.0 Å². The molecule has 0 fully saturated rings. The van der Waals surface area contributed by atoms with Crippen LogP contribution in [0.2, 0.25) is 0 Å². The van der Waals surface area contributed by atoms with E-state index in [9.17, 15) is 9.90 Å². The molecule has 0 bridgehead atoms. The number of rotatable bonds is 8. The van der Waals surface area contributed by atoms with Crippen LogP contribution >= 0.6 is 15.9 Å². The van der Waals surface area contributed by atoms with Gasteiger partial charge in [-0.3, -0.25) is 4.79 Å². The lowest BCUT2D eigenvalue weighted by Crippen LogP contribution is -2.37. The maximum absolute atomic E-state index is 11.9. The van der Waals surface area contributed by atoms with Crippen molar-refractivity contribution < 1.29 is 19.4 Å². The molecular weight excluding hydrogens is 338 g/mol. The van der Waals surface area contributed by atoms with Crippen molar-refractivity contribution in [1.29, 1.82) is 0 Å². The molecule has 0 saturated heterocycles. The van der Waals surface area contributed by atoms with Crippen molar-refractivity contribution in [3.63, 3.8) is 0 Å². The van der Waals surface area contributed by atoms with E-state index in [0.29, 0.717) is 24.5 Å². The summed E-state index contributed by atoms with van der Waals surface area (Å²) in [6.07, 6.45) is 0.131. The van der Waals surface area contributed by atoms with E-state index in [2.05, 4.69) is 21.2 Å². The molecule has 0 spiro atoms. The van der Waals surface area contributed by atoms with Crippen LogP contribution in [0, 0.1) is 6.92 Å². The van der Waals surface area contributed by atoms with Gasteiger partial charge in [-0.2, -0.15) is 0 Å². The second-order valence-electron chi connectivity index (χ2n) is 4.77. The number of methoxy groups -OCH3 is 1. The van der Waals surface area contributed by atoms with Gasteiger partial charge >= 0.3 is 0 Å². The van der Waals surface area contributed by atoms with Crippen molar-refractivity contribution in [1.82, 2.24) is 5.32 Å². The molecule has 0 aromatic heterocycles. The standard InChI is InChI=1S/C15H22BrNO4/c1-10-7-13(16)8-12(9-18)14(10)21-11(2)15(19)17-5-4-6-20-3/h7-8,11,18H,4-6,9H2,1-3H3,(H,17,19). The van der Waals surface area contributed by atoms with Crippen LogP contribution in [0.4, 0.5) is 0 Å². The number of aliphatic hydroxyl groups is 1. The molecule has 0 radical (unpaired) electrons. The van der Waals surface area contributed by atoms with E-state index in [1.165, 1.54) is 0 Å². The number of hydrogen-bond acceptors (Lipinski definition) is 4. The summed E-state index contributed by atoms with van der Waals surface area (Å²) in [5, 5.41) is 12.2. The molecule has 0 aliphatic carbocycles. The number of ether oxygens (including phenoxy) is 2. The Morgan fingerprint density at radius 1 is 1.48 bits per heavy atom. The number of amides is 1. The Morgan fingerprint density at radius 2 is 2.19 bits per heavy atom. The Kier molecular flexibility index (Phi) is 7.71. The van der Waals surface area contributed by atoms with Gasteiger partial charge in [0, 0.05) is 30.3 Å². The summed E-state index contributed by atoms with van der Waals surface area (Å²) in [6, 6.07) is 3.67. The van der Waals surface area contributed by atoms with E-state index >= 15 is 0 Å². The highest BCUT2D eigenvalue weighted by Gasteiger charge is 2.17. The summed E-state index contributed by atoms with van der Waals surface area (Å²) in [7, 11) is 1.63. The van der Waals surface area contributed by atoms with Gasteiger partial charge in [-0.1, -0.05) is 15.9 Å². The van der Waals surface area contributed by atoms with Crippen LogP contribution < -0.4 is 10.1 Å². The third-order valence-corrected chi connectivity index (χ3v) is 3.43. The molecular formula is C15H22BrNO4. The molecule has 2 N–H and O–H groups in total. The first-order valence-electron chi connectivity index (χ1n) is 6.82. The molecule has 1 aromatic carbocycles. The van der Waals surface area contributed by atoms with Gasteiger partial charge in [0.25, 0.3) is 5.91 Å². The Bertz CT molecular complexity index is 479. The van der Waals surface area contributed by atoms with Gasteiger partial charge in [0.1, 0.15) is 5.75 Å². The Morgan fingerprint density at radius 3 is 2.81 bits per heavy atom. The van der Waals surface area contributed by atoms with Crippen LogP contribution in [0.3, 0.4) is 0 Å². The fourth-order valence-corrected chi connectivity index (χ4v) is 2.51. The summed E-state index contributed by atoms with van der Waals surface area (Å²) >= 11 is 3.37. The number of aryl methyl sites for hydroxylation is 1. The summed E-state index contributed by atoms with van der Waals surface area (Å²) in [4.78, 5) is 11.9. The lowest BCUT2D eigenvalue weighted by molar-refractivity contribution is -0.127. The molecule has 1 rings (SSSR count). The number of hydrogen-bond donors (Lipinski definition) is 2. The van der Waals surface area contributed by atoms with Gasteiger partial charge in [-0.15, -0.1) is 0 Å². The lowest BCUT2D eigenvalue weighted by atomic mass is 10.1. The van der Waals surface area contributed by atoms with Crippen LogP contribution in [-0.2, 0) is 16.1 Å². The maximum Gasteiger partial charge on any atom is 0.260 e. The second-order valence-corrected chi connectivity index (χ2v) is 5.68. The molecule has 0 heterocycles. The highest BCUT2D eigenvalue weighted by atomic mass is 79.9. The smallest absolute Gasteiger partial charge is 0.260 e. The molecule has 0 aliphatic heterocycles. The monoisotopic (exact) mass is 359 g/mol. The molecule has 5 nitrogen and oxygen atoms in total. The first-order chi connectivity index (χ1) is 9.99. The fraction of sp³-hybridized carbons (Fsp3) is 0.533. The minimum absolute atomic E-state index is 0.141. The first kappa shape index (κ1) is 17.9. The second kappa shape index (κ2) is 9.02. The molecule has 1 aromatic rings. The molecule has 21 heavy (non-hydrogen) atoms. The summed E-state index contributed by atoms with van der Waals surface area (Å²) in [5.41, 5.74) is 1.52. The molecule has 1 unspecified atom stereocenters. The number of halogens is 1. The summed E-state index contributed by atoms with van der Waals surface area (Å²) < 4.78 is 11.5. The maximum atomic E-state index is 11.9. The average Bonchev–Trinajstić information content (AvgIpc) is 2.45. The zero-order chi connectivity index (χ0) is 15.8. The number of nitrogens with one attached hydrogen (secondary N) is 1. The van der Waals surface area contributed by atoms with Gasteiger partial charge < -0.3 is 19.9 Å². The minimum Gasteiger partial charge on any atom is -0.480 e. The van der Waals surface area contributed by atoms with Crippen LogP contribution in [0.15, 0.2) is 16.6 Å². The van der Waals surface area contributed by atoms with Crippen molar-refractivity contribution >= 4 is 21.8 Å². The third-order valence-electron chi connectivity index (χ3n) is 2.97. The minimum atomic E-state index is -0.627. The Labute approximate surface area is 133 Å². The van der Waals surface area contributed by atoms with Crippen molar-refractivity contribution in [2.75, 3.05) is 20.3 Å². The highest BCUT2D eigenvalue weighted by molar-refractivity contribution is 9.10. The third kappa shape index (κ3) is 5.65. The van der Waals surface area contributed by atoms with Crippen LogP contribution in [0.25, 0.3) is 0 Å². The average molecular weight is 360 g/mol. The van der Waals surface area contributed by atoms with Gasteiger partial charge in [0.15, 0.2) is 6.10 Å². The van der Waals surface area contributed by atoms with Gasteiger partial charge in [0.05, 0.1) is 6.61 Å². The lowest BCUT2D eigenvalue weighted by Gasteiger charge is -2.19. The number of carbonyl (C=O) groups excluding carboxylic acids is 1. The predicted octanol–water partition coefficient (Wildman–Crippen LogP) is 2.17. The predicted molar refractivity (Wildman–Crippen MR) is 84.4 cm³/mol. The van der Waals surface area contributed by atoms with Crippen molar-refractivity contribution in [2.24, 2.45) is 0 Å². The molecule has 6 heteroatoms. The number of carbonyl (C=O) groups is 1. The van der Waals surface area contributed by atoms with Gasteiger partial charge in [0.2, 0.25) is 0 Å². The molecule has 1 atom stereocenters. The normalized spacial score (nSPS) is 12.0. The van der Waals surface area contributed by atoms with E-state index in [1.54, 1.807) is 20.1 Å².